The maximum Gasteiger partial charge on any atom is 0.0963 e. The first kappa shape index (κ1) is 13.8. The molecule has 1 saturated heterocycles. The lowest BCUT2D eigenvalue weighted by atomic mass is 9.87. The van der Waals surface area contributed by atoms with Gasteiger partial charge in [-0.1, -0.05) is 13.8 Å². The Balaban J connectivity index is 2.09. The van der Waals surface area contributed by atoms with Gasteiger partial charge in [-0.2, -0.15) is 11.8 Å². The summed E-state index contributed by atoms with van der Waals surface area (Å²) in [6, 6.07) is 0. The molecule has 1 fully saturated rings. The van der Waals surface area contributed by atoms with E-state index < -0.39 is 0 Å². The first-order valence-corrected chi connectivity index (χ1v) is 7.11. The number of hydrogen-bond acceptors (Lipinski definition) is 3. The molecule has 1 rings (SSSR count). The van der Waals surface area contributed by atoms with Gasteiger partial charge in [0, 0.05) is 23.9 Å². The van der Waals surface area contributed by atoms with Gasteiger partial charge in [0.15, 0.2) is 0 Å². The Morgan fingerprint density at radius 1 is 1.44 bits per heavy atom. The number of nitrogens with one attached hydrogen (secondary N) is 1. The molecule has 0 unspecified atom stereocenters. The van der Waals surface area contributed by atoms with Crippen molar-refractivity contribution in [1.82, 2.24) is 0 Å². The fourth-order valence-electron chi connectivity index (χ4n) is 1.74. The molecule has 1 aliphatic heterocycles. The summed E-state index contributed by atoms with van der Waals surface area (Å²) in [4.78, 5) is 0. The Morgan fingerprint density at radius 3 is 2.62 bits per heavy atom. The van der Waals surface area contributed by atoms with Crippen molar-refractivity contribution in [3.63, 3.8) is 0 Å². The predicted molar refractivity (Wildman–Crippen MR) is 71.2 cm³/mol. The van der Waals surface area contributed by atoms with Crippen molar-refractivity contribution in [3.8, 4) is 0 Å². The van der Waals surface area contributed by atoms with Crippen molar-refractivity contribution >= 4 is 17.6 Å². The van der Waals surface area contributed by atoms with Crippen LogP contribution in [0.2, 0.25) is 0 Å². The summed E-state index contributed by atoms with van der Waals surface area (Å²) in [5.74, 6) is 1.49. The lowest BCUT2D eigenvalue weighted by molar-refractivity contribution is 0.1000. The van der Waals surface area contributed by atoms with Gasteiger partial charge in [-0.15, -0.1) is 0 Å². The maximum absolute atomic E-state index is 7.48. The fourth-order valence-corrected chi connectivity index (χ4v) is 2.91. The van der Waals surface area contributed by atoms with E-state index in [0.29, 0.717) is 5.84 Å². The molecule has 0 bridgehead atoms. The van der Waals surface area contributed by atoms with Crippen LogP contribution in [0.1, 0.15) is 39.5 Å². The van der Waals surface area contributed by atoms with Crippen LogP contribution in [0.5, 0.6) is 0 Å². The van der Waals surface area contributed by atoms with Crippen molar-refractivity contribution in [2.75, 3.05) is 19.0 Å². The van der Waals surface area contributed by atoms with Crippen molar-refractivity contribution < 1.29 is 4.74 Å². The molecular formula is C12H24N2OS. The van der Waals surface area contributed by atoms with Crippen LogP contribution in [0.4, 0.5) is 0 Å². The van der Waals surface area contributed by atoms with E-state index >= 15 is 0 Å². The normalized spacial score (nSPS) is 18.6. The summed E-state index contributed by atoms with van der Waals surface area (Å²) in [7, 11) is 0. The summed E-state index contributed by atoms with van der Waals surface area (Å²) < 4.78 is 5.33. The molecule has 0 amide bonds. The molecule has 1 aliphatic rings. The van der Waals surface area contributed by atoms with Crippen LogP contribution in [0.3, 0.4) is 0 Å². The quantitative estimate of drug-likeness (QED) is 0.429. The van der Waals surface area contributed by atoms with Crippen LogP contribution >= 0.6 is 11.8 Å². The molecule has 0 spiro atoms. The first-order valence-electron chi connectivity index (χ1n) is 6.06. The monoisotopic (exact) mass is 244 g/mol. The van der Waals surface area contributed by atoms with Crippen LogP contribution in [0, 0.1) is 10.8 Å². The highest BCUT2D eigenvalue weighted by Gasteiger charge is 2.21. The number of amidine groups is 1. The molecule has 0 saturated carbocycles. The van der Waals surface area contributed by atoms with Crippen molar-refractivity contribution in [2.24, 2.45) is 11.1 Å². The van der Waals surface area contributed by atoms with Crippen LogP contribution in [-0.4, -0.2) is 30.1 Å². The lowest BCUT2D eigenvalue weighted by Gasteiger charge is -2.24. The second-order valence-corrected chi connectivity index (χ2v) is 6.49. The zero-order valence-electron chi connectivity index (χ0n) is 10.4. The molecule has 0 radical (unpaired) electrons. The number of hydrogen-bond donors (Lipinski definition) is 2. The van der Waals surface area contributed by atoms with Gasteiger partial charge >= 0.3 is 0 Å². The predicted octanol–water partition coefficient (Wildman–Crippen LogP) is 2.64. The highest BCUT2D eigenvalue weighted by Crippen LogP contribution is 2.26. The average Bonchev–Trinajstić information content (AvgIpc) is 2.26. The van der Waals surface area contributed by atoms with Crippen LogP contribution in [0.25, 0.3) is 0 Å². The Bertz CT molecular complexity index is 225. The molecule has 0 atom stereocenters. The van der Waals surface area contributed by atoms with E-state index in [9.17, 15) is 0 Å². The zero-order valence-corrected chi connectivity index (χ0v) is 11.2. The average molecular weight is 244 g/mol. The van der Waals surface area contributed by atoms with Crippen molar-refractivity contribution in [3.05, 3.63) is 0 Å². The van der Waals surface area contributed by atoms with Gasteiger partial charge in [0.25, 0.3) is 0 Å². The standard InChI is InChI=1S/C12H24N2OS/c1-12(2,11(13)14)6-3-9-16-10-4-7-15-8-5-10/h10H,3-9H2,1-2H3,(H3,13,14). The van der Waals surface area contributed by atoms with Crippen LogP contribution in [0.15, 0.2) is 0 Å². The molecule has 0 aromatic carbocycles. The Kier molecular flexibility index (Phi) is 5.62. The molecule has 1 heterocycles. The van der Waals surface area contributed by atoms with E-state index in [4.69, 9.17) is 15.9 Å². The van der Waals surface area contributed by atoms with Gasteiger partial charge < -0.3 is 10.5 Å². The fraction of sp³-hybridized carbons (Fsp3) is 0.917. The molecule has 16 heavy (non-hydrogen) atoms. The van der Waals surface area contributed by atoms with E-state index in [-0.39, 0.29) is 5.41 Å². The van der Waals surface area contributed by atoms with Crippen LogP contribution in [-0.2, 0) is 4.74 Å². The Labute approximate surface area is 103 Å². The lowest BCUT2D eigenvalue weighted by Crippen LogP contribution is -2.30. The molecule has 3 nitrogen and oxygen atoms in total. The van der Waals surface area contributed by atoms with E-state index in [0.717, 1.165) is 31.3 Å². The number of ether oxygens (including phenoxy) is 1. The second-order valence-electron chi connectivity index (χ2n) is 5.08. The molecule has 0 aliphatic carbocycles. The third-order valence-electron chi connectivity index (χ3n) is 3.20. The third-order valence-corrected chi connectivity index (χ3v) is 4.66. The minimum atomic E-state index is -0.129. The minimum Gasteiger partial charge on any atom is -0.387 e. The largest absolute Gasteiger partial charge is 0.387 e. The molecule has 4 heteroatoms. The summed E-state index contributed by atoms with van der Waals surface area (Å²) in [5.41, 5.74) is 5.43. The van der Waals surface area contributed by atoms with Crippen LogP contribution < -0.4 is 5.73 Å². The maximum atomic E-state index is 7.48. The van der Waals surface area contributed by atoms with E-state index in [1.165, 1.54) is 18.6 Å². The number of thioether (sulfide) groups is 1. The summed E-state index contributed by atoms with van der Waals surface area (Å²) >= 11 is 2.06. The first-order chi connectivity index (χ1) is 7.52. The Hall–Kier alpha value is -0.220. The van der Waals surface area contributed by atoms with Crippen molar-refractivity contribution in [2.45, 2.75) is 44.8 Å². The zero-order chi connectivity index (χ0) is 12.0. The van der Waals surface area contributed by atoms with E-state index in [2.05, 4.69) is 25.6 Å². The van der Waals surface area contributed by atoms with Gasteiger partial charge in [0.2, 0.25) is 0 Å². The molecule has 0 aromatic rings. The summed E-state index contributed by atoms with van der Waals surface area (Å²) in [5, 5.41) is 8.27. The number of nitrogens with two attached hydrogens (primary N) is 1. The molecule has 3 N–H and O–H groups in total. The van der Waals surface area contributed by atoms with Crippen molar-refractivity contribution in [1.29, 1.82) is 5.41 Å². The Morgan fingerprint density at radius 2 is 2.06 bits per heavy atom. The van der Waals surface area contributed by atoms with Gasteiger partial charge in [-0.3, -0.25) is 5.41 Å². The topological polar surface area (TPSA) is 59.1 Å². The second kappa shape index (κ2) is 6.50. The molecule has 94 valence electrons. The summed E-state index contributed by atoms with van der Waals surface area (Å²) in [6.07, 6.45) is 4.55. The van der Waals surface area contributed by atoms with E-state index in [1.807, 2.05) is 0 Å². The number of rotatable bonds is 6. The van der Waals surface area contributed by atoms with E-state index in [1.54, 1.807) is 0 Å². The molecular weight excluding hydrogens is 220 g/mol. The highest BCUT2D eigenvalue weighted by atomic mass is 32.2. The minimum absolute atomic E-state index is 0.129. The smallest absolute Gasteiger partial charge is 0.0963 e. The van der Waals surface area contributed by atoms with Gasteiger partial charge in [-0.25, -0.2) is 0 Å². The molecule has 0 aromatic heterocycles. The van der Waals surface area contributed by atoms with Gasteiger partial charge in [-0.05, 0) is 31.4 Å². The highest BCUT2D eigenvalue weighted by molar-refractivity contribution is 7.99. The van der Waals surface area contributed by atoms with Gasteiger partial charge in [0.05, 0.1) is 5.84 Å². The third kappa shape index (κ3) is 4.74. The van der Waals surface area contributed by atoms with Gasteiger partial charge in [0.1, 0.15) is 0 Å². The summed E-state index contributed by atoms with van der Waals surface area (Å²) in [6.45, 7) is 5.95. The SMILES string of the molecule is CC(C)(CCCSC1CCOCC1)C(=N)N.